The van der Waals surface area contributed by atoms with Crippen LogP contribution in [-0.2, 0) is 0 Å². The summed E-state index contributed by atoms with van der Waals surface area (Å²) in [6.07, 6.45) is 2.71. The van der Waals surface area contributed by atoms with Gasteiger partial charge in [0.05, 0.1) is 7.11 Å². The van der Waals surface area contributed by atoms with E-state index in [1.54, 1.807) is 7.11 Å². The van der Waals surface area contributed by atoms with Gasteiger partial charge < -0.3 is 19.9 Å². The van der Waals surface area contributed by atoms with Crippen LogP contribution < -0.4 is 15.0 Å². The van der Waals surface area contributed by atoms with Gasteiger partial charge in [-0.25, -0.2) is 0 Å². The standard InChI is InChI=1S/C18H28N4O.HI/c1-3-19-18(20-14-15-4-5-15)22-12-10-21(11-13-22)16-6-8-17(23-2)9-7-16;/h6-9,15H,3-5,10-14H2,1-2H3,(H,19,20);1H. The molecule has 134 valence electrons. The molecule has 0 unspecified atom stereocenters. The predicted molar refractivity (Wildman–Crippen MR) is 111 cm³/mol. The summed E-state index contributed by atoms with van der Waals surface area (Å²) in [6, 6.07) is 8.34. The van der Waals surface area contributed by atoms with Gasteiger partial charge in [-0.2, -0.15) is 0 Å². The summed E-state index contributed by atoms with van der Waals surface area (Å²) < 4.78 is 5.23. The number of anilines is 1. The number of benzene rings is 1. The van der Waals surface area contributed by atoms with Gasteiger partial charge >= 0.3 is 0 Å². The number of rotatable bonds is 5. The molecule has 2 aliphatic rings. The van der Waals surface area contributed by atoms with E-state index in [0.29, 0.717) is 0 Å². The fraction of sp³-hybridized carbons (Fsp3) is 0.611. The molecule has 1 aliphatic heterocycles. The van der Waals surface area contributed by atoms with Crippen molar-refractivity contribution in [3.05, 3.63) is 24.3 Å². The summed E-state index contributed by atoms with van der Waals surface area (Å²) in [5.74, 6) is 2.84. The molecule has 0 amide bonds. The van der Waals surface area contributed by atoms with Crippen LogP contribution in [0.4, 0.5) is 5.69 Å². The quantitative estimate of drug-likeness (QED) is 0.431. The normalized spacial score (nSPS) is 18.2. The molecule has 5 nitrogen and oxygen atoms in total. The summed E-state index contributed by atoms with van der Waals surface area (Å²) in [7, 11) is 1.71. The van der Waals surface area contributed by atoms with Crippen LogP contribution in [0.3, 0.4) is 0 Å². The van der Waals surface area contributed by atoms with E-state index in [2.05, 4.69) is 34.2 Å². The maximum atomic E-state index is 5.23. The Morgan fingerprint density at radius 1 is 1.17 bits per heavy atom. The van der Waals surface area contributed by atoms with Crippen molar-refractivity contribution >= 4 is 35.6 Å². The van der Waals surface area contributed by atoms with Gasteiger partial charge in [0, 0.05) is 45.0 Å². The van der Waals surface area contributed by atoms with Crippen LogP contribution in [0.1, 0.15) is 19.8 Å². The number of hydrogen-bond acceptors (Lipinski definition) is 3. The average molecular weight is 444 g/mol. The van der Waals surface area contributed by atoms with E-state index < -0.39 is 0 Å². The minimum atomic E-state index is 0. The third-order valence-electron chi connectivity index (χ3n) is 4.55. The maximum absolute atomic E-state index is 5.23. The highest BCUT2D eigenvalue weighted by Gasteiger charge is 2.23. The third-order valence-corrected chi connectivity index (χ3v) is 4.55. The number of methoxy groups -OCH3 is 1. The van der Waals surface area contributed by atoms with Gasteiger partial charge in [0.15, 0.2) is 5.96 Å². The van der Waals surface area contributed by atoms with Crippen LogP contribution in [0.25, 0.3) is 0 Å². The van der Waals surface area contributed by atoms with E-state index in [0.717, 1.165) is 56.9 Å². The monoisotopic (exact) mass is 444 g/mol. The smallest absolute Gasteiger partial charge is 0.194 e. The summed E-state index contributed by atoms with van der Waals surface area (Å²) in [6.45, 7) is 8.15. The molecule has 1 saturated carbocycles. The first-order valence-corrected chi connectivity index (χ1v) is 8.72. The fourth-order valence-corrected chi connectivity index (χ4v) is 2.91. The second-order valence-corrected chi connectivity index (χ2v) is 6.31. The number of nitrogens with one attached hydrogen (secondary N) is 1. The molecule has 24 heavy (non-hydrogen) atoms. The van der Waals surface area contributed by atoms with E-state index in [-0.39, 0.29) is 24.0 Å². The highest BCUT2D eigenvalue weighted by atomic mass is 127. The molecule has 6 heteroatoms. The lowest BCUT2D eigenvalue weighted by molar-refractivity contribution is 0.372. The third kappa shape index (κ3) is 5.16. The van der Waals surface area contributed by atoms with Crippen LogP contribution in [0.15, 0.2) is 29.3 Å². The lowest BCUT2D eigenvalue weighted by atomic mass is 10.2. The Morgan fingerprint density at radius 2 is 1.83 bits per heavy atom. The molecule has 1 aromatic carbocycles. The Morgan fingerprint density at radius 3 is 2.38 bits per heavy atom. The van der Waals surface area contributed by atoms with Crippen molar-refractivity contribution in [3.8, 4) is 5.75 Å². The van der Waals surface area contributed by atoms with E-state index in [4.69, 9.17) is 9.73 Å². The summed E-state index contributed by atoms with van der Waals surface area (Å²) in [5.41, 5.74) is 1.27. The summed E-state index contributed by atoms with van der Waals surface area (Å²) in [4.78, 5) is 9.64. The lowest BCUT2D eigenvalue weighted by Gasteiger charge is -2.37. The number of guanidine groups is 1. The Bertz CT molecular complexity index is 522. The van der Waals surface area contributed by atoms with Crippen molar-refractivity contribution in [3.63, 3.8) is 0 Å². The van der Waals surface area contributed by atoms with Crippen molar-refractivity contribution in [2.75, 3.05) is 51.3 Å². The molecule has 0 radical (unpaired) electrons. The largest absolute Gasteiger partial charge is 0.497 e. The highest BCUT2D eigenvalue weighted by Crippen LogP contribution is 2.29. The Kier molecular flexibility index (Phi) is 7.45. The van der Waals surface area contributed by atoms with Crippen LogP contribution in [0.2, 0.25) is 0 Å². The van der Waals surface area contributed by atoms with Gasteiger partial charge in [-0.05, 0) is 49.9 Å². The zero-order valence-corrected chi connectivity index (χ0v) is 17.0. The Hall–Kier alpha value is -1.18. The molecular formula is C18H29IN4O. The average Bonchev–Trinajstić information content (AvgIpc) is 3.43. The van der Waals surface area contributed by atoms with Gasteiger partial charge in [0.1, 0.15) is 5.75 Å². The van der Waals surface area contributed by atoms with Gasteiger partial charge in [0.2, 0.25) is 0 Å². The van der Waals surface area contributed by atoms with Crippen molar-refractivity contribution in [2.45, 2.75) is 19.8 Å². The molecule has 1 heterocycles. The van der Waals surface area contributed by atoms with Crippen LogP contribution in [0.5, 0.6) is 5.75 Å². The van der Waals surface area contributed by atoms with E-state index in [1.807, 2.05) is 12.1 Å². The highest BCUT2D eigenvalue weighted by molar-refractivity contribution is 14.0. The zero-order chi connectivity index (χ0) is 16.1. The zero-order valence-electron chi connectivity index (χ0n) is 14.7. The lowest BCUT2D eigenvalue weighted by Crippen LogP contribution is -2.52. The molecule has 2 fully saturated rings. The number of ether oxygens (including phenoxy) is 1. The van der Waals surface area contributed by atoms with Gasteiger partial charge in [-0.15, -0.1) is 24.0 Å². The first kappa shape index (κ1) is 19.1. The van der Waals surface area contributed by atoms with Gasteiger partial charge in [0.25, 0.3) is 0 Å². The SMILES string of the molecule is CCNC(=NCC1CC1)N1CCN(c2ccc(OC)cc2)CC1.I. The molecule has 1 saturated heterocycles. The molecule has 0 spiro atoms. The van der Waals surface area contributed by atoms with Crippen molar-refractivity contribution in [1.82, 2.24) is 10.2 Å². The number of halogens is 1. The number of nitrogens with zero attached hydrogens (tertiary/aromatic N) is 3. The van der Waals surface area contributed by atoms with Crippen molar-refractivity contribution < 1.29 is 4.74 Å². The van der Waals surface area contributed by atoms with Crippen molar-refractivity contribution in [2.24, 2.45) is 10.9 Å². The van der Waals surface area contributed by atoms with Crippen LogP contribution >= 0.6 is 24.0 Å². The van der Waals surface area contributed by atoms with Crippen molar-refractivity contribution in [1.29, 1.82) is 0 Å². The number of hydrogen-bond donors (Lipinski definition) is 1. The molecule has 3 rings (SSSR count). The van der Waals surface area contributed by atoms with Crippen LogP contribution in [-0.4, -0.2) is 57.2 Å². The van der Waals surface area contributed by atoms with Gasteiger partial charge in [-0.3, -0.25) is 4.99 Å². The number of piperazine rings is 1. The summed E-state index contributed by atoms with van der Waals surface area (Å²) >= 11 is 0. The van der Waals surface area contributed by atoms with Crippen LogP contribution in [0, 0.1) is 5.92 Å². The number of aliphatic imine (C=N–C) groups is 1. The first-order chi connectivity index (χ1) is 11.3. The van der Waals surface area contributed by atoms with E-state index in [9.17, 15) is 0 Å². The summed E-state index contributed by atoms with van der Waals surface area (Å²) in [5, 5.41) is 3.45. The molecule has 1 N–H and O–H groups in total. The molecule has 0 atom stereocenters. The van der Waals surface area contributed by atoms with Gasteiger partial charge in [-0.1, -0.05) is 0 Å². The Balaban J connectivity index is 0.00000208. The maximum Gasteiger partial charge on any atom is 0.194 e. The molecule has 0 bridgehead atoms. The van der Waals surface area contributed by atoms with E-state index >= 15 is 0 Å². The predicted octanol–water partition coefficient (Wildman–Crippen LogP) is 2.81. The minimum absolute atomic E-state index is 0. The molecule has 0 aromatic heterocycles. The minimum Gasteiger partial charge on any atom is -0.497 e. The second-order valence-electron chi connectivity index (χ2n) is 6.31. The van der Waals surface area contributed by atoms with E-state index in [1.165, 1.54) is 18.5 Å². The second kappa shape index (κ2) is 9.34. The molecule has 1 aromatic rings. The Labute approximate surface area is 162 Å². The first-order valence-electron chi connectivity index (χ1n) is 8.72. The molecular weight excluding hydrogens is 415 g/mol. The molecule has 1 aliphatic carbocycles. The fourth-order valence-electron chi connectivity index (χ4n) is 2.91. The topological polar surface area (TPSA) is 40.1 Å².